The Bertz CT molecular complexity index is 466. The molecule has 0 fully saturated rings. The van der Waals surface area contributed by atoms with Crippen molar-refractivity contribution in [3.05, 3.63) is 41.8 Å². The van der Waals surface area contributed by atoms with Gasteiger partial charge in [0.2, 0.25) is 0 Å². The topological polar surface area (TPSA) is 61.3 Å². The van der Waals surface area contributed by atoms with Gasteiger partial charge in [-0.05, 0) is 30.7 Å². The molecule has 0 aliphatic heterocycles. The van der Waals surface area contributed by atoms with Crippen molar-refractivity contribution < 1.29 is 9.26 Å². The van der Waals surface area contributed by atoms with Gasteiger partial charge in [-0.2, -0.15) is 0 Å². The Morgan fingerprint density at radius 3 is 3.00 bits per heavy atom. The average molecular weight is 218 g/mol. The van der Waals surface area contributed by atoms with Gasteiger partial charge in [0.1, 0.15) is 11.9 Å². The molecule has 16 heavy (non-hydrogen) atoms. The molecule has 1 aromatic carbocycles. The minimum Gasteiger partial charge on any atom is -0.452 e. The lowest BCUT2D eigenvalue weighted by Crippen LogP contribution is -2.02. The van der Waals surface area contributed by atoms with Gasteiger partial charge >= 0.3 is 0 Å². The fourth-order valence-electron chi connectivity index (χ4n) is 1.45. The predicted molar refractivity (Wildman–Crippen MR) is 60.5 cm³/mol. The minimum atomic E-state index is 0.635. The van der Waals surface area contributed by atoms with E-state index >= 15 is 0 Å². The van der Waals surface area contributed by atoms with Crippen LogP contribution >= 0.6 is 0 Å². The maximum atomic E-state index is 5.64. The number of aromatic nitrogens is 1. The largest absolute Gasteiger partial charge is 0.452 e. The molecule has 1 aromatic heterocycles. The van der Waals surface area contributed by atoms with Crippen LogP contribution in [0.5, 0.6) is 11.5 Å². The van der Waals surface area contributed by atoms with E-state index in [9.17, 15) is 0 Å². The molecule has 0 atom stereocenters. The zero-order valence-electron chi connectivity index (χ0n) is 9.14. The van der Waals surface area contributed by atoms with E-state index in [1.807, 2.05) is 31.2 Å². The molecular weight excluding hydrogens is 204 g/mol. The van der Waals surface area contributed by atoms with Gasteiger partial charge in [0.05, 0.1) is 0 Å². The Labute approximate surface area is 94.0 Å². The van der Waals surface area contributed by atoms with Gasteiger partial charge in [-0.15, -0.1) is 0 Å². The number of aryl methyl sites for hydroxylation is 1. The molecule has 2 aromatic rings. The van der Waals surface area contributed by atoms with E-state index in [1.165, 1.54) is 0 Å². The zero-order valence-corrected chi connectivity index (χ0v) is 9.14. The molecular formula is C12H14N2O2. The van der Waals surface area contributed by atoms with E-state index in [0.29, 0.717) is 18.1 Å². The third-order valence-electron chi connectivity index (χ3n) is 2.27. The second-order valence-corrected chi connectivity index (χ2v) is 3.53. The van der Waals surface area contributed by atoms with Gasteiger partial charge < -0.3 is 15.0 Å². The monoisotopic (exact) mass is 218 g/mol. The summed E-state index contributed by atoms with van der Waals surface area (Å²) in [4.78, 5) is 0. The molecule has 0 amide bonds. The molecule has 0 bridgehead atoms. The number of benzene rings is 1. The third kappa shape index (κ3) is 2.41. The summed E-state index contributed by atoms with van der Waals surface area (Å²) < 4.78 is 10.6. The van der Waals surface area contributed by atoms with Crippen molar-refractivity contribution in [1.82, 2.24) is 5.16 Å². The van der Waals surface area contributed by atoms with Crippen LogP contribution in [0.1, 0.15) is 11.3 Å². The number of nitrogens with zero attached hydrogens (tertiary/aromatic N) is 1. The molecule has 0 radical (unpaired) electrons. The van der Waals surface area contributed by atoms with Gasteiger partial charge in [0, 0.05) is 6.92 Å². The van der Waals surface area contributed by atoms with Crippen LogP contribution in [0.15, 0.2) is 35.0 Å². The fourth-order valence-corrected chi connectivity index (χ4v) is 1.45. The van der Waals surface area contributed by atoms with Crippen molar-refractivity contribution in [3.63, 3.8) is 0 Å². The molecule has 0 saturated carbocycles. The molecule has 2 rings (SSSR count). The highest BCUT2D eigenvalue weighted by molar-refractivity contribution is 5.33. The van der Waals surface area contributed by atoms with Crippen LogP contribution in [-0.4, -0.2) is 11.7 Å². The molecule has 0 saturated heterocycles. The lowest BCUT2D eigenvalue weighted by molar-refractivity contribution is 0.386. The second kappa shape index (κ2) is 4.81. The highest BCUT2D eigenvalue weighted by atomic mass is 16.5. The lowest BCUT2D eigenvalue weighted by Gasteiger charge is -2.05. The first-order valence-corrected chi connectivity index (χ1v) is 5.17. The van der Waals surface area contributed by atoms with E-state index in [-0.39, 0.29) is 0 Å². The molecule has 2 N–H and O–H groups in total. The highest BCUT2D eigenvalue weighted by Gasteiger charge is 2.05. The zero-order chi connectivity index (χ0) is 11.4. The third-order valence-corrected chi connectivity index (χ3v) is 2.27. The first-order chi connectivity index (χ1) is 7.79. The summed E-state index contributed by atoms with van der Waals surface area (Å²) in [6, 6.07) is 7.84. The maximum absolute atomic E-state index is 5.64. The van der Waals surface area contributed by atoms with Crippen LogP contribution in [0.25, 0.3) is 0 Å². The average Bonchev–Trinajstić information content (AvgIpc) is 2.66. The van der Waals surface area contributed by atoms with Gasteiger partial charge in [0.15, 0.2) is 11.5 Å². The first kappa shape index (κ1) is 10.7. The number of ether oxygens (including phenoxy) is 1. The molecule has 1 heterocycles. The molecule has 0 aliphatic carbocycles. The molecule has 0 spiro atoms. The van der Waals surface area contributed by atoms with Crippen LogP contribution in [0.3, 0.4) is 0 Å². The molecule has 0 aliphatic rings. The van der Waals surface area contributed by atoms with E-state index in [0.717, 1.165) is 17.7 Å². The van der Waals surface area contributed by atoms with Crippen LogP contribution in [0, 0.1) is 6.92 Å². The van der Waals surface area contributed by atoms with E-state index in [2.05, 4.69) is 5.16 Å². The van der Waals surface area contributed by atoms with Crippen LogP contribution < -0.4 is 10.5 Å². The van der Waals surface area contributed by atoms with Crippen LogP contribution in [0.2, 0.25) is 0 Å². The Morgan fingerprint density at radius 2 is 2.31 bits per heavy atom. The first-order valence-electron chi connectivity index (χ1n) is 5.17. The highest BCUT2D eigenvalue weighted by Crippen LogP contribution is 2.24. The minimum absolute atomic E-state index is 0.635. The summed E-state index contributed by atoms with van der Waals surface area (Å²) in [7, 11) is 0. The quantitative estimate of drug-likeness (QED) is 0.855. The standard InChI is InChI=1S/C12H14N2O2/c1-9-12(8-14-16-9)15-11-4-2-3-10(7-11)5-6-13/h2-4,7-8H,5-6,13H2,1H3. The van der Waals surface area contributed by atoms with Crippen molar-refractivity contribution in [2.75, 3.05) is 6.54 Å². The second-order valence-electron chi connectivity index (χ2n) is 3.53. The summed E-state index contributed by atoms with van der Waals surface area (Å²) in [6.45, 7) is 2.45. The van der Waals surface area contributed by atoms with Crippen molar-refractivity contribution in [1.29, 1.82) is 0 Å². The van der Waals surface area contributed by atoms with Crippen molar-refractivity contribution in [2.45, 2.75) is 13.3 Å². The van der Waals surface area contributed by atoms with E-state index in [4.69, 9.17) is 15.0 Å². The van der Waals surface area contributed by atoms with Crippen LogP contribution in [0.4, 0.5) is 0 Å². The number of hydrogen-bond acceptors (Lipinski definition) is 4. The Hall–Kier alpha value is -1.81. The lowest BCUT2D eigenvalue weighted by atomic mass is 10.1. The molecule has 4 heteroatoms. The Kier molecular flexibility index (Phi) is 3.22. The smallest absolute Gasteiger partial charge is 0.189 e. The van der Waals surface area contributed by atoms with Gasteiger partial charge in [-0.1, -0.05) is 17.3 Å². The number of nitrogens with two attached hydrogens (primary N) is 1. The SMILES string of the molecule is Cc1oncc1Oc1cccc(CCN)c1. The molecule has 4 nitrogen and oxygen atoms in total. The molecule has 84 valence electrons. The predicted octanol–water partition coefficient (Wildman–Crippen LogP) is 2.28. The van der Waals surface area contributed by atoms with E-state index < -0.39 is 0 Å². The van der Waals surface area contributed by atoms with E-state index in [1.54, 1.807) is 6.20 Å². The Morgan fingerprint density at radius 1 is 1.44 bits per heavy atom. The summed E-state index contributed by atoms with van der Waals surface area (Å²) in [6.07, 6.45) is 2.41. The fraction of sp³-hybridized carbons (Fsp3) is 0.250. The molecule has 0 unspecified atom stereocenters. The maximum Gasteiger partial charge on any atom is 0.189 e. The summed E-state index contributed by atoms with van der Waals surface area (Å²) in [5.41, 5.74) is 6.67. The number of hydrogen-bond donors (Lipinski definition) is 1. The number of rotatable bonds is 4. The van der Waals surface area contributed by atoms with Crippen LogP contribution in [-0.2, 0) is 6.42 Å². The summed E-state index contributed by atoms with van der Waals surface area (Å²) in [5, 5.41) is 3.66. The summed E-state index contributed by atoms with van der Waals surface area (Å²) >= 11 is 0. The van der Waals surface area contributed by atoms with Gasteiger partial charge in [-0.3, -0.25) is 0 Å². The normalized spacial score (nSPS) is 10.4. The van der Waals surface area contributed by atoms with Crippen molar-refractivity contribution >= 4 is 0 Å². The Balaban J connectivity index is 2.15. The van der Waals surface area contributed by atoms with Crippen molar-refractivity contribution in [2.24, 2.45) is 5.73 Å². The summed E-state index contributed by atoms with van der Waals surface area (Å²) in [5.74, 6) is 2.09. The van der Waals surface area contributed by atoms with Gasteiger partial charge in [0.25, 0.3) is 0 Å². The van der Waals surface area contributed by atoms with Gasteiger partial charge in [-0.25, -0.2) is 0 Å². The van der Waals surface area contributed by atoms with Crippen molar-refractivity contribution in [3.8, 4) is 11.5 Å².